The van der Waals surface area contributed by atoms with Crippen LogP contribution in [0.5, 0.6) is 0 Å². The van der Waals surface area contributed by atoms with E-state index in [1.54, 1.807) is 0 Å². The van der Waals surface area contributed by atoms with Crippen LogP contribution in [0.3, 0.4) is 0 Å². The van der Waals surface area contributed by atoms with Crippen LogP contribution in [0.25, 0.3) is 78.0 Å². The molecule has 0 spiro atoms. The fourth-order valence-corrected chi connectivity index (χ4v) is 5.94. The summed E-state index contributed by atoms with van der Waals surface area (Å²) in [5.74, 6) is 0.651. The van der Waals surface area contributed by atoms with Crippen molar-refractivity contribution >= 4 is 21.7 Å². The van der Waals surface area contributed by atoms with Crippen LogP contribution >= 0.6 is 0 Å². The molecule has 3 nitrogen and oxygen atoms in total. The minimum absolute atomic E-state index is 0.651. The molecular weight excluding hydrogens is 534 g/mol. The van der Waals surface area contributed by atoms with E-state index in [2.05, 4.69) is 121 Å². The summed E-state index contributed by atoms with van der Waals surface area (Å²) in [4.78, 5) is 15.8. The number of fused-ring (bicyclic) bond motifs is 3. The van der Waals surface area contributed by atoms with E-state index in [1.165, 1.54) is 0 Å². The average molecular weight is 562 g/mol. The maximum Gasteiger partial charge on any atom is 0.162 e. The van der Waals surface area contributed by atoms with Gasteiger partial charge >= 0.3 is 0 Å². The molecule has 0 aliphatic rings. The van der Waals surface area contributed by atoms with Crippen molar-refractivity contribution in [1.82, 2.24) is 15.0 Å². The van der Waals surface area contributed by atoms with Crippen LogP contribution in [0.2, 0.25) is 0 Å². The van der Waals surface area contributed by atoms with Crippen molar-refractivity contribution in [2.45, 2.75) is 0 Å². The second-order valence-corrected chi connectivity index (χ2v) is 10.9. The van der Waals surface area contributed by atoms with Crippen molar-refractivity contribution in [3.05, 3.63) is 164 Å². The molecule has 0 fully saturated rings. The highest BCUT2D eigenvalue weighted by Gasteiger charge is 2.20. The first-order valence-electron chi connectivity index (χ1n) is 14.8. The lowest BCUT2D eigenvalue weighted by Crippen LogP contribution is -1.99. The highest BCUT2D eigenvalue weighted by Crippen LogP contribution is 2.41. The van der Waals surface area contributed by atoms with Gasteiger partial charge in [0.15, 0.2) is 5.82 Å². The van der Waals surface area contributed by atoms with E-state index in [1.807, 2.05) is 42.5 Å². The van der Waals surface area contributed by atoms with E-state index < -0.39 is 0 Å². The zero-order valence-corrected chi connectivity index (χ0v) is 23.9. The van der Waals surface area contributed by atoms with Gasteiger partial charge in [-0.2, -0.15) is 0 Å². The van der Waals surface area contributed by atoms with Crippen LogP contribution < -0.4 is 0 Å². The molecule has 0 saturated carbocycles. The Morgan fingerprint density at radius 3 is 1.34 bits per heavy atom. The smallest absolute Gasteiger partial charge is 0.162 e. The van der Waals surface area contributed by atoms with Gasteiger partial charge in [0.2, 0.25) is 0 Å². The lowest BCUT2D eigenvalue weighted by molar-refractivity contribution is 1.18. The zero-order valence-electron chi connectivity index (χ0n) is 23.9. The van der Waals surface area contributed by atoms with E-state index in [0.29, 0.717) is 5.82 Å². The number of rotatable bonds is 5. The Labute approximate surface area is 256 Å². The highest BCUT2D eigenvalue weighted by molar-refractivity contribution is 6.18. The summed E-state index contributed by atoms with van der Waals surface area (Å²) in [6.07, 6.45) is 0. The maximum atomic E-state index is 5.38. The van der Waals surface area contributed by atoms with Gasteiger partial charge in [0.1, 0.15) is 0 Å². The number of nitrogens with zero attached hydrogens (tertiary/aromatic N) is 3. The molecule has 0 unspecified atom stereocenters. The summed E-state index contributed by atoms with van der Waals surface area (Å²) in [5, 5.41) is 3.37. The van der Waals surface area contributed by atoms with E-state index in [9.17, 15) is 0 Å². The molecule has 0 atom stereocenters. The minimum Gasteiger partial charge on any atom is -0.247 e. The average Bonchev–Trinajstić information content (AvgIpc) is 3.12. The van der Waals surface area contributed by atoms with Gasteiger partial charge in [-0.3, -0.25) is 0 Å². The second-order valence-electron chi connectivity index (χ2n) is 10.9. The van der Waals surface area contributed by atoms with Gasteiger partial charge in [-0.1, -0.05) is 146 Å². The number of pyridine rings is 1. The first-order valence-corrected chi connectivity index (χ1v) is 14.8. The summed E-state index contributed by atoms with van der Waals surface area (Å²) in [5.41, 5.74) is 9.87. The quantitative estimate of drug-likeness (QED) is 0.196. The number of aromatic nitrogens is 3. The Bertz CT molecular complexity index is 2190. The third-order valence-electron chi connectivity index (χ3n) is 8.07. The van der Waals surface area contributed by atoms with Crippen molar-refractivity contribution in [2.75, 3.05) is 0 Å². The molecule has 6 aromatic carbocycles. The fourth-order valence-electron chi connectivity index (χ4n) is 5.94. The standard InChI is InChI=1S/C41H27N3/c1-5-15-28(16-6-1)34-26-36(29-17-7-2-8-18-29)42-40-35(25-32-23-13-14-24-33(32)39(34)40)41-43-37(30-19-9-3-10-20-30)27-38(44-41)31-21-11-4-12-22-31/h1-27H. The van der Waals surface area contributed by atoms with Crippen molar-refractivity contribution < 1.29 is 0 Å². The maximum absolute atomic E-state index is 5.38. The van der Waals surface area contributed by atoms with Crippen molar-refractivity contribution in [3.63, 3.8) is 0 Å². The summed E-state index contributed by atoms with van der Waals surface area (Å²) in [7, 11) is 0. The van der Waals surface area contributed by atoms with Gasteiger partial charge in [-0.05, 0) is 40.1 Å². The van der Waals surface area contributed by atoms with Gasteiger partial charge in [0, 0.05) is 27.6 Å². The Kier molecular flexibility index (Phi) is 6.47. The SMILES string of the molecule is c1ccc(-c2cc(-c3ccccc3)nc(-c3cc4ccccc4c4c(-c5ccccc5)cc(-c5ccccc5)nc34)n2)cc1. The van der Waals surface area contributed by atoms with Crippen molar-refractivity contribution in [3.8, 4) is 56.3 Å². The molecule has 206 valence electrons. The van der Waals surface area contributed by atoms with E-state index in [-0.39, 0.29) is 0 Å². The van der Waals surface area contributed by atoms with Crippen LogP contribution in [0.15, 0.2) is 164 Å². The predicted molar refractivity (Wildman–Crippen MR) is 182 cm³/mol. The molecule has 0 aliphatic carbocycles. The van der Waals surface area contributed by atoms with Crippen LogP contribution in [0.4, 0.5) is 0 Å². The Morgan fingerprint density at radius 1 is 0.341 bits per heavy atom. The van der Waals surface area contributed by atoms with Crippen molar-refractivity contribution in [1.29, 1.82) is 0 Å². The number of hydrogen-bond donors (Lipinski definition) is 0. The molecule has 0 amide bonds. The predicted octanol–water partition coefficient (Wildman–Crippen LogP) is 10.5. The Balaban J connectivity index is 1.50. The lowest BCUT2D eigenvalue weighted by Gasteiger charge is -2.17. The number of hydrogen-bond acceptors (Lipinski definition) is 3. The topological polar surface area (TPSA) is 38.7 Å². The van der Waals surface area contributed by atoms with Crippen LogP contribution in [0, 0.1) is 0 Å². The molecule has 0 radical (unpaired) electrons. The Morgan fingerprint density at radius 2 is 0.795 bits per heavy atom. The molecule has 0 aliphatic heterocycles. The summed E-state index contributed by atoms with van der Waals surface area (Å²) in [6, 6.07) is 56.6. The molecule has 2 aromatic heterocycles. The monoisotopic (exact) mass is 561 g/mol. The normalized spacial score (nSPS) is 11.2. The lowest BCUT2D eigenvalue weighted by atomic mass is 9.92. The second kappa shape index (κ2) is 11.0. The molecule has 8 aromatic rings. The van der Waals surface area contributed by atoms with Crippen LogP contribution in [-0.2, 0) is 0 Å². The molecule has 0 N–H and O–H groups in total. The molecule has 0 saturated heterocycles. The largest absolute Gasteiger partial charge is 0.247 e. The van der Waals surface area contributed by atoms with E-state index in [0.717, 1.165) is 72.1 Å². The summed E-state index contributed by atoms with van der Waals surface area (Å²) >= 11 is 0. The Hall–Kier alpha value is -5.93. The van der Waals surface area contributed by atoms with Gasteiger partial charge in [0.05, 0.1) is 22.6 Å². The minimum atomic E-state index is 0.651. The van der Waals surface area contributed by atoms with Crippen molar-refractivity contribution in [2.24, 2.45) is 0 Å². The molecule has 8 rings (SSSR count). The molecule has 44 heavy (non-hydrogen) atoms. The van der Waals surface area contributed by atoms with Crippen LogP contribution in [-0.4, -0.2) is 15.0 Å². The third kappa shape index (κ3) is 4.71. The summed E-state index contributed by atoms with van der Waals surface area (Å²) in [6.45, 7) is 0. The first-order chi connectivity index (χ1) is 21.8. The number of benzene rings is 6. The van der Waals surface area contributed by atoms with Gasteiger partial charge in [-0.25, -0.2) is 15.0 Å². The first kappa shape index (κ1) is 25.8. The molecule has 0 bridgehead atoms. The summed E-state index contributed by atoms with van der Waals surface area (Å²) < 4.78 is 0. The highest BCUT2D eigenvalue weighted by atomic mass is 14.9. The third-order valence-corrected chi connectivity index (χ3v) is 8.07. The van der Waals surface area contributed by atoms with Gasteiger partial charge in [-0.15, -0.1) is 0 Å². The zero-order chi connectivity index (χ0) is 29.3. The molecule has 3 heteroatoms. The molecule has 2 heterocycles. The molecular formula is C41H27N3. The van der Waals surface area contributed by atoms with E-state index in [4.69, 9.17) is 15.0 Å². The van der Waals surface area contributed by atoms with Crippen LogP contribution in [0.1, 0.15) is 0 Å². The van der Waals surface area contributed by atoms with Gasteiger partial charge in [0.25, 0.3) is 0 Å². The fraction of sp³-hybridized carbons (Fsp3) is 0. The van der Waals surface area contributed by atoms with Gasteiger partial charge < -0.3 is 0 Å². The van der Waals surface area contributed by atoms with E-state index >= 15 is 0 Å².